The highest BCUT2D eigenvalue weighted by Crippen LogP contribution is 2.38. The molecule has 1 atom stereocenters. The molecule has 0 fully saturated rings. The van der Waals surface area contributed by atoms with Crippen LogP contribution < -0.4 is 5.32 Å². The molecule has 0 saturated carbocycles. The van der Waals surface area contributed by atoms with Crippen LogP contribution in [-0.4, -0.2) is 34.2 Å². The molecule has 0 aliphatic carbocycles. The van der Waals surface area contributed by atoms with Gasteiger partial charge in [-0.3, -0.25) is 15.1 Å². The van der Waals surface area contributed by atoms with Crippen molar-refractivity contribution in [3.8, 4) is 0 Å². The number of nitro groups is 1. The van der Waals surface area contributed by atoms with E-state index in [1.165, 1.54) is 19.3 Å². The van der Waals surface area contributed by atoms with Crippen LogP contribution in [0.25, 0.3) is 0 Å². The van der Waals surface area contributed by atoms with Gasteiger partial charge in [-0.2, -0.15) is 0 Å². The lowest BCUT2D eigenvalue weighted by Gasteiger charge is -2.26. The summed E-state index contributed by atoms with van der Waals surface area (Å²) in [7, 11) is 0. The second-order valence-electron chi connectivity index (χ2n) is 5.34. The highest BCUT2D eigenvalue weighted by molar-refractivity contribution is 5.92. The third kappa shape index (κ3) is 4.12. The molecule has 26 heavy (non-hydrogen) atoms. The van der Waals surface area contributed by atoms with Crippen LogP contribution in [0.4, 0.5) is 0 Å². The molecule has 0 amide bonds. The molecule has 0 spiro atoms. The van der Waals surface area contributed by atoms with Gasteiger partial charge in [0.25, 0.3) is 10.8 Å². The summed E-state index contributed by atoms with van der Waals surface area (Å²) in [6.07, 6.45) is 2.94. The number of carbonyl (C=O) groups is 1. The summed E-state index contributed by atoms with van der Waals surface area (Å²) in [6.45, 7) is 2.33. The maximum absolute atomic E-state index is 12.5. The molecule has 0 saturated heterocycles. The number of dihydropyridines is 1. The van der Waals surface area contributed by atoms with Gasteiger partial charge in [0.2, 0.25) is 0 Å². The van der Waals surface area contributed by atoms with E-state index >= 15 is 0 Å². The van der Waals surface area contributed by atoms with Gasteiger partial charge >= 0.3 is 5.97 Å². The maximum Gasteiger partial charge on any atom is 0.337 e. The Morgan fingerprint density at radius 2 is 2.00 bits per heavy atom. The first-order valence-electron chi connectivity index (χ1n) is 7.50. The largest absolute Gasteiger partial charge is 0.460 e. The lowest BCUT2D eigenvalue weighted by atomic mass is 9.85. The van der Waals surface area contributed by atoms with Crippen LogP contribution in [0, 0.1) is 20.2 Å². The van der Waals surface area contributed by atoms with Crippen LogP contribution in [-0.2, 0) is 14.4 Å². The first kappa shape index (κ1) is 18.8. The summed E-state index contributed by atoms with van der Waals surface area (Å²) in [6, 6.07) is 3.23. The Kier molecular flexibility index (Phi) is 5.83. The maximum atomic E-state index is 12.5. The number of hydrogen-bond acceptors (Lipinski definition) is 9. The zero-order chi connectivity index (χ0) is 19.3. The summed E-state index contributed by atoms with van der Waals surface area (Å²) >= 11 is 0. The molecule has 11 nitrogen and oxygen atoms in total. The van der Waals surface area contributed by atoms with Crippen molar-refractivity contribution in [1.82, 2.24) is 10.3 Å². The van der Waals surface area contributed by atoms with Crippen LogP contribution in [0.15, 0.2) is 47.2 Å². The minimum atomic E-state index is -1.00. The molecule has 1 unspecified atom stereocenters. The Hall–Kier alpha value is -3.50. The van der Waals surface area contributed by atoms with E-state index in [2.05, 4.69) is 15.1 Å². The van der Waals surface area contributed by atoms with Gasteiger partial charge in [-0.25, -0.2) is 4.79 Å². The molecule has 138 valence electrons. The van der Waals surface area contributed by atoms with Crippen molar-refractivity contribution in [2.45, 2.75) is 19.8 Å². The fourth-order valence-corrected chi connectivity index (χ4v) is 2.69. The van der Waals surface area contributed by atoms with Gasteiger partial charge in [0.05, 0.1) is 16.2 Å². The predicted molar refractivity (Wildman–Crippen MR) is 86.4 cm³/mol. The molecular formula is C15H16N4O7. The topological polar surface area (TPSA) is 147 Å². The number of ether oxygens (including phenoxy) is 1. The van der Waals surface area contributed by atoms with E-state index in [1.54, 1.807) is 19.1 Å². The van der Waals surface area contributed by atoms with Crippen molar-refractivity contribution in [3.05, 3.63) is 73.0 Å². The number of esters is 1. The first-order valence-corrected chi connectivity index (χ1v) is 7.50. The van der Waals surface area contributed by atoms with E-state index < -0.39 is 28.5 Å². The number of hydrogen-bond donors (Lipinski definition) is 1. The van der Waals surface area contributed by atoms with E-state index in [0.717, 1.165) is 0 Å². The summed E-state index contributed by atoms with van der Waals surface area (Å²) in [5.41, 5.74) is 0.984. The van der Waals surface area contributed by atoms with Crippen molar-refractivity contribution in [2.75, 3.05) is 13.2 Å². The molecule has 2 rings (SSSR count). The molecule has 1 N–H and O–H groups in total. The average Bonchev–Trinajstić information content (AvgIpc) is 2.58. The molecule has 0 aromatic carbocycles. The van der Waals surface area contributed by atoms with Gasteiger partial charge in [-0.15, -0.1) is 10.1 Å². The number of rotatable bonds is 7. The van der Waals surface area contributed by atoms with Gasteiger partial charge in [-0.1, -0.05) is 6.07 Å². The molecule has 1 aromatic heterocycles. The lowest BCUT2D eigenvalue weighted by molar-refractivity contribution is -0.757. The molecule has 11 heteroatoms. The van der Waals surface area contributed by atoms with Gasteiger partial charge in [-0.05, 0) is 25.5 Å². The third-order valence-electron chi connectivity index (χ3n) is 3.67. The zero-order valence-corrected chi connectivity index (χ0v) is 14.0. The van der Waals surface area contributed by atoms with E-state index in [4.69, 9.17) is 4.74 Å². The van der Waals surface area contributed by atoms with Gasteiger partial charge in [0, 0.05) is 18.1 Å². The highest BCUT2D eigenvalue weighted by Gasteiger charge is 2.41. The number of nitrogens with one attached hydrogen (secondary N) is 1. The number of allylic oxidation sites excluding steroid dienone is 3. The average molecular weight is 364 g/mol. The van der Waals surface area contributed by atoms with Crippen LogP contribution >= 0.6 is 0 Å². The first-order chi connectivity index (χ1) is 12.3. The molecule has 1 aromatic rings. The van der Waals surface area contributed by atoms with Crippen LogP contribution in [0.5, 0.6) is 0 Å². The second kappa shape index (κ2) is 8.05. The number of carbonyl (C=O) groups excluding carboxylic acids is 1. The number of aromatic nitrogens is 1. The van der Waals surface area contributed by atoms with E-state index in [9.17, 15) is 25.0 Å². The van der Waals surface area contributed by atoms with Crippen molar-refractivity contribution in [2.24, 2.45) is 0 Å². The smallest absolute Gasteiger partial charge is 0.337 e. The Morgan fingerprint density at radius 1 is 1.27 bits per heavy atom. The highest BCUT2D eigenvalue weighted by atomic mass is 17.0. The van der Waals surface area contributed by atoms with Gasteiger partial charge < -0.3 is 14.9 Å². The molecular weight excluding hydrogens is 348 g/mol. The lowest BCUT2D eigenvalue weighted by Crippen LogP contribution is -2.32. The Morgan fingerprint density at radius 3 is 2.58 bits per heavy atom. The minimum Gasteiger partial charge on any atom is -0.460 e. The Bertz CT molecular complexity index is 788. The van der Waals surface area contributed by atoms with Crippen LogP contribution in [0.2, 0.25) is 0 Å². The number of nitrogens with zero attached hydrogens (tertiary/aromatic N) is 3. The fraction of sp³-hybridized carbons (Fsp3) is 0.333. The summed E-state index contributed by atoms with van der Waals surface area (Å²) in [5, 5.41) is 23.5. The molecule has 1 aliphatic rings. The summed E-state index contributed by atoms with van der Waals surface area (Å²) < 4.78 is 4.99. The predicted octanol–water partition coefficient (Wildman–Crippen LogP) is 1.30. The summed E-state index contributed by atoms with van der Waals surface area (Å²) in [4.78, 5) is 41.7. The Balaban J connectivity index is 2.35. The molecule has 2 heterocycles. The summed E-state index contributed by atoms with van der Waals surface area (Å²) in [5.74, 6) is -1.81. The van der Waals surface area contributed by atoms with Crippen molar-refractivity contribution >= 4 is 5.97 Å². The third-order valence-corrected chi connectivity index (χ3v) is 3.67. The monoisotopic (exact) mass is 364 g/mol. The Labute approximate surface area is 147 Å². The second-order valence-corrected chi connectivity index (χ2v) is 5.34. The number of pyridine rings is 1. The van der Waals surface area contributed by atoms with E-state index in [0.29, 0.717) is 17.0 Å². The SMILES string of the molecule is CC1=C(C(=O)OCCO[N+](=O)[O-])C(c2cccnc2)C([N+](=O)[O-])=C(C)N1. The quantitative estimate of drug-likeness (QED) is 0.327. The normalized spacial score (nSPS) is 16.8. The minimum absolute atomic E-state index is 0.0383. The van der Waals surface area contributed by atoms with Crippen molar-refractivity contribution in [1.29, 1.82) is 0 Å². The van der Waals surface area contributed by atoms with Gasteiger partial charge in [0.1, 0.15) is 19.1 Å². The van der Waals surface area contributed by atoms with E-state index in [-0.39, 0.29) is 17.9 Å². The fourth-order valence-electron chi connectivity index (χ4n) is 2.69. The van der Waals surface area contributed by atoms with Crippen LogP contribution in [0.1, 0.15) is 25.3 Å². The molecule has 0 bridgehead atoms. The van der Waals surface area contributed by atoms with Gasteiger partial charge in [0.15, 0.2) is 0 Å². The standard InChI is InChI=1S/C15H16N4O7/c1-9-12(15(20)25-6-7-26-19(23)24)13(11-4-3-5-16-8-11)14(18(21)22)10(2)17-9/h3-5,8,13,17H,6-7H2,1-2H3. The van der Waals surface area contributed by atoms with Crippen molar-refractivity contribution < 1.29 is 24.4 Å². The van der Waals surface area contributed by atoms with Crippen molar-refractivity contribution in [3.63, 3.8) is 0 Å². The zero-order valence-electron chi connectivity index (χ0n) is 14.0. The molecule has 0 radical (unpaired) electrons. The van der Waals surface area contributed by atoms with E-state index in [1.807, 2.05) is 0 Å². The van der Waals surface area contributed by atoms with Crippen LogP contribution in [0.3, 0.4) is 0 Å². The molecule has 1 aliphatic heterocycles.